The number of carbonyl (C=O) groups excluding carboxylic acids is 2. The zero-order valence-corrected chi connectivity index (χ0v) is 13.9. The van der Waals surface area contributed by atoms with Gasteiger partial charge in [-0.05, 0) is 13.0 Å². The van der Waals surface area contributed by atoms with E-state index in [1.165, 1.54) is 26.2 Å². The number of alkyl halides is 1. The molecule has 1 aliphatic rings. The lowest BCUT2D eigenvalue weighted by atomic mass is 10.0. The van der Waals surface area contributed by atoms with E-state index < -0.39 is 18.0 Å². The predicted octanol–water partition coefficient (Wildman–Crippen LogP) is 0.988. The number of nitrogens with two attached hydrogens (primary N) is 1. The zero-order chi connectivity index (χ0) is 17.6. The van der Waals surface area contributed by atoms with Crippen molar-refractivity contribution in [1.29, 1.82) is 0 Å². The van der Waals surface area contributed by atoms with Gasteiger partial charge in [-0.1, -0.05) is 13.8 Å². The number of amides is 1. The minimum absolute atomic E-state index is 0.0125. The van der Waals surface area contributed by atoms with Crippen molar-refractivity contribution < 1.29 is 23.5 Å². The Kier molecular flexibility index (Phi) is 6.68. The Morgan fingerprint density at radius 2 is 2.26 bits per heavy atom. The molecule has 1 saturated heterocycles. The molecule has 1 heterocycles. The number of rotatable bonds is 7. The van der Waals surface area contributed by atoms with E-state index in [1.54, 1.807) is 13.8 Å². The molecule has 8 heteroatoms. The number of ether oxygens (including phenoxy) is 2. The maximum atomic E-state index is 14.7. The summed E-state index contributed by atoms with van der Waals surface area (Å²) >= 11 is 0. The third kappa shape index (κ3) is 5.31. The molecule has 2 N–H and O–H groups in total. The van der Waals surface area contributed by atoms with Gasteiger partial charge in [0.25, 0.3) is 0 Å². The van der Waals surface area contributed by atoms with E-state index >= 15 is 0 Å². The Balaban J connectivity index is 2.73. The van der Waals surface area contributed by atoms with E-state index in [-0.39, 0.29) is 30.8 Å². The molecular formula is C15H24FN3O4. The van der Waals surface area contributed by atoms with Gasteiger partial charge in [0.2, 0.25) is 6.41 Å². The number of hydrogen-bond donors (Lipinski definition) is 1. The van der Waals surface area contributed by atoms with Gasteiger partial charge in [-0.3, -0.25) is 19.5 Å². The molecule has 0 saturated carbocycles. The van der Waals surface area contributed by atoms with Crippen LogP contribution in [0.3, 0.4) is 0 Å². The van der Waals surface area contributed by atoms with Gasteiger partial charge in [0.05, 0.1) is 12.0 Å². The van der Waals surface area contributed by atoms with Crippen molar-refractivity contribution >= 4 is 18.2 Å². The van der Waals surface area contributed by atoms with E-state index in [4.69, 9.17) is 15.2 Å². The van der Waals surface area contributed by atoms with Crippen LogP contribution in [0.25, 0.3) is 0 Å². The Bertz CT molecular complexity index is 491. The SMILES string of the molecule is CN=C(N)/C=C\N(C=O)C1OC(COC(=O)C(C)C)CC1(C)F. The molecule has 0 aromatic rings. The fraction of sp³-hybridized carbons (Fsp3) is 0.667. The first-order chi connectivity index (χ1) is 10.7. The number of nitrogens with zero attached hydrogens (tertiary/aromatic N) is 2. The van der Waals surface area contributed by atoms with Gasteiger partial charge in [-0.25, -0.2) is 4.39 Å². The fourth-order valence-electron chi connectivity index (χ4n) is 2.14. The summed E-state index contributed by atoms with van der Waals surface area (Å²) in [6.45, 7) is 4.70. The molecule has 0 aromatic heterocycles. The first-order valence-corrected chi connectivity index (χ1v) is 7.35. The summed E-state index contributed by atoms with van der Waals surface area (Å²) in [5, 5.41) is 0. The highest BCUT2D eigenvalue weighted by atomic mass is 19.1. The second-order valence-electron chi connectivity index (χ2n) is 5.89. The smallest absolute Gasteiger partial charge is 0.308 e. The van der Waals surface area contributed by atoms with Crippen LogP contribution in [0.15, 0.2) is 17.3 Å². The average molecular weight is 329 g/mol. The van der Waals surface area contributed by atoms with E-state index in [0.717, 1.165) is 4.90 Å². The molecule has 1 amide bonds. The van der Waals surface area contributed by atoms with Crippen molar-refractivity contribution in [2.45, 2.75) is 45.2 Å². The maximum absolute atomic E-state index is 14.7. The molecule has 3 atom stereocenters. The van der Waals surface area contributed by atoms with Crippen molar-refractivity contribution in [2.24, 2.45) is 16.6 Å². The van der Waals surface area contributed by atoms with Crippen LogP contribution in [0.1, 0.15) is 27.2 Å². The molecule has 1 fully saturated rings. The number of aliphatic imine (C=N–C) groups is 1. The van der Waals surface area contributed by atoms with Crippen molar-refractivity contribution in [3.63, 3.8) is 0 Å². The van der Waals surface area contributed by atoms with Crippen molar-refractivity contribution in [1.82, 2.24) is 4.90 Å². The topological polar surface area (TPSA) is 94.2 Å². The number of esters is 1. The van der Waals surface area contributed by atoms with Crippen LogP contribution in [0.5, 0.6) is 0 Å². The lowest BCUT2D eigenvalue weighted by Crippen LogP contribution is -2.42. The number of halogens is 1. The van der Waals surface area contributed by atoms with Gasteiger partial charge >= 0.3 is 5.97 Å². The summed E-state index contributed by atoms with van der Waals surface area (Å²) in [4.78, 5) is 27.4. The van der Waals surface area contributed by atoms with Gasteiger partial charge in [-0.15, -0.1) is 0 Å². The molecule has 0 aromatic carbocycles. The van der Waals surface area contributed by atoms with Crippen LogP contribution in [-0.2, 0) is 19.1 Å². The predicted molar refractivity (Wildman–Crippen MR) is 83.2 cm³/mol. The van der Waals surface area contributed by atoms with Crippen LogP contribution in [0.4, 0.5) is 4.39 Å². The quantitative estimate of drug-likeness (QED) is 0.325. The lowest BCUT2D eigenvalue weighted by molar-refractivity contribution is -0.154. The third-order valence-corrected chi connectivity index (χ3v) is 3.41. The molecule has 23 heavy (non-hydrogen) atoms. The Labute approximate surface area is 135 Å². The Hall–Kier alpha value is -1.96. The second-order valence-corrected chi connectivity index (χ2v) is 5.89. The van der Waals surface area contributed by atoms with Gasteiger partial charge < -0.3 is 15.2 Å². The Morgan fingerprint density at radius 3 is 2.78 bits per heavy atom. The van der Waals surface area contributed by atoms with Crippen molar-refractivity contribution in [3.05, 3.63) is 12.3 Å². The van der Waals surface area contributed by atoms with Crippen LogP contribution in [0, 0.1) is 5.92 Å². The van der Waals surface area contributed by atoms with Gasteiger partial charge in [0, 0.05) is 19.7 Å². The fourth-order valence-corrected chi connectivity index (χ4v) is 2.14. The summed E-state index contributed by atoms with van der Waals surface area (Å²) < 4.78 is 25.3. The zero-order valence-electron chi connectivity index (χ0n) is 13.9. The molecular weight excluding hydrogens is 305 g/mol. The molecule has 1 aliphatic heterocycles. The molecule has 3 unspecified atom stereocenters. The molecule has 0 bridgehead atoms. The molecule has 0 spiro atoms. The molecule has 1 rings (SSSR count). The minimum atomic E-state index is -1.78. The van der Waals surface area contributed by atoms with Crippen LogP contribution < -0.4 is 5.73 Å². The molecule has 7 nitrogen and oxygen atoms in total. The highest BCUT2D eigenvalue weighted by Crippen LogP contribution is 2.35. The average Bonchev–Trinajstić information content (AvgIpc) is 2.80. The minimum Gasteiger partial charge on any atom is -0.463 e. The standard InChI is InChI=1S/C15H24FN3O4/c1-10(2)13(21)22-8-11-7-15(3,16)14(23-11)19(9-20)6-5-12(17)18-4/h5-6,9-11,14H,7-8H2,1-4H3,(H2,17,18)/b6-5-. The van der Waals surface area contributed by atoms with E-state index in [2.05, 4.69) is 4.99 Å². The second kappa shape index (κ2) is 8.05. The normalized spacial score (nSPS) is 28.3. The summed E-state index contributed by atoms with van der Waals surface area (Å²) in [6.07, 6.45) is 1.40. The summed E-state index contributed by atoms with van der Waals surface area (Å²) in [6, 6.07) is 0. The Morgan fingerprint density at radius 1 is 1.61 bits per heavy atom. The molecule has 0 aliphatic carbocycles. The monoisotopic (exact) mass is 329 g/mol. The van der Waals surface area contributed by atoms with E-state index in [1.807, 2.05) is 0 Å². The number of carbonyl (C=O) groups is 2. The van der Waals surface area contributed by atoms with Gasteiger partial charge in [-0.2, -0.15) is 0 Å². The molecule has 0 radical (unpaired) electrons. The molecule has 130 valence electrons. The van der Waals surface area contributed by atoms with Crippen molar-refractivity contribution in [2.75, 3.05) is 13.7 Å². The van der Waals surface area contributed by atoms with E-state index in [0.29, 0.717) is 6.41 Å². The van der Waals surface area contributed by atoms with Crippen LogP contribution in [-0.4, -0.2) is 54.8 Å². The van der Waals surface area contributed by atoms with Crippen LogP contribution in [0.2, 0.25) is 0 Å². The van der Waals surface area contributed by atoms with E-state index in [9.17, 15) is 14.0 Å². The third-order valence-electron chi connectivity index (χ3n) is 3.41. The highest BCUT2D eigenvalue weighted by molar-refractivity contribution is 5.91. The maximum Gasteiger partial charge on any atom is 0.308 e. The largest absolute Gasteiger partial charge is 0.463 e. The first kappa shape index (κ1) is 19.1. The van der Waals surface area contributed by atoms with Gasteiger partial charge in [0.1, 0.15) is 12.4 Å². The lowest BCUT2D eigenvalue weighted by Gasteiger charge is -2.28. The summed E-state index contributed by atoms with van der Waals surface area (Å²) in [5.41, 5.74) is 3.73. The summed E-state index contributed by atoms with van der Waals surface area (Å²) in [7, 11) is 1.50. The van der Waals surface area contributed by atoms with Crippen molar-refractivity contribution in [3.8, 4) is 0 Å². The highest BCUT2D eigenvalue weighted by Gasteiger charge is 2.48. The first-order valence-electron chi connectivity index (χ1n) is 7.35. The number of amidine groups is 1. The van der Waals surface area contributed by atoms with Crippen LogP contribution >= 0.6 is 0 Å². The summed E-state index contributed by atoms with van der Waals surface area (Å²) in [5.74, 6) is -0.454. The number of hydrogen-bond acceptors (Lipinski definition) is 5. The van der Waals surface area contributed by atoms with Gasteiger partial charge in [0.15, 0.2) is 11.9 Å².